The zero-order valence-corrected chi connectivity index (χ0v) is 14.8. The summed E-state index contributed by atoms with van der Waals surface area (Å²) in [5.41, 5.74) is -0.0172. The Kier molecular flexibility index (Phi) is 6.79. The molecule has 1 unspecified atom stereocenters. The van der Waals surface area contributed by atoms with Crippen LogP contribution in [-0.4, -0.2) is 19.0 Å². The van der Waals surface area contributed by atoms with E-state index in [2.05, 4.69) is 22.6 Å². The second kappa shape index (κ2) is 7.91. The molecule has 0 aliphatic carbocycles. The maximum atomic E-state index is 13.0. The lowest BCUT2D eigenvalue weighted by molar-refractivity contribution is -0.147. The molecule has 0 bridgehead atoms. The largest absolute Gasteiger partial charge is 0.468 e. The SMILES string of the molecule is C#CC(F)(F)CCCCC(C)(C(=O)OC)c1cccc(I)c1. The fourth-order valence-electron chi connectivity index (χ4n) is 2.32. The van der Waals surface area contributed by atoms with E-state index in [1.54, 1.807) is 6.92 Å². The maximum Gasteiger partial charge on any atom is 0.315 e. The molecule has 0 radical (unpaired) electrons. The summed E-state index contributed by atoms with van der Waals surface area (Å²) in [6.45, 7) is 1.78. The molecule has 0 aromatic heterocycles. The quantitative estimate of drug-likeness (QED) is 0.280. The highest BCUT2D eigenvalue weighted by atomic mass is 127. The molecule has 22 heavy (non-hydrogen) atoms. The minimum atomic E-state index is -3.08. The van der Waals surface area contributed by atoms with E-state index in [0.717, 1.165) is 9.13 Å². The van der Waals surface area contributed by atoms with Crippen molar-refractivity contribution in [3.63, 3.8) is 0 Å². The van der Waals surface area contributed by atoms with Crippen LogP contribution in [0, 0.1) is 15.9 Å². The Balaban J connectivity index is 2.82. The number of carbonyl (C=O) groups is 1. The van der Waals surface area contributed by atoms with Crippen LogP contribution in [0.5, 0.6) is 0 Å². The van der Waals surface area contributed by atoms with E-state index in [1.807, 2.05) is 24.3 Å². The van der Waals surface area contributed by atoms with Gasteiger partial charge in [-0.25, -0.2) is 0 Å². The Labute approximate surface area is 143 Å². The molecule has 0 spiro atoms. The van der Waals surface area contributed by atoms with E-state index in [9.17, 15) is 13.6 Å². The number of methoxy groups -OCH3 is 1. The molecule has 0 amide bonds. The maximum absolute atomic E-state index is 13.0. The van der Waals surface area contributed by atoms with Crippen molar-refractivity contribution in [1.29, 1.82) is 0 Å². The predicted molar refractivity (Wildman–Crippen MR) is 90.8 cm³/mol. The number of esters is 1. The van der Waals surface area contributed by atoms with Crippen LogP contribution >= 0.6 is 22.6 Å². The molecule has 120 valence electrons. The molecule has 1 rings (SSSR count). The molecule has 5 heteroatoms. The third-order valence-corrected chi connectivity index (χ3v) is 4.40. The van der Waals surface area contributed by atoms with Gasteiger partial charge < -0.3 is 4.74 Å². The molecule has 1 aromatic rings. The van der Waals surface area contributed by atoms with E-state index >= 15 is 0 Å². The monoisotopic (exact) mass is 420 g/mol. The van der Waals surface area contributed by atoms with E-state index in [4.69, 9.17) is 11.2 Å². The van der Waals surface area contributed by atoms with Crippen molar-refractivity contribution >= 4 is 28.6 Å². The van der Waals surface area contributed by atoms with Crippen molar-refractivity contribution in [3.05, 3.63) is 33.4 Å². The number of carbonyl (C=O) groups excluding carboxylic acids is 1. The summed E-state index contributed by atoms with van der Waals surface area (Å²) in [6.07, 6.45) is 5.56. The molecule has 1 aromatic carbocycles. The summed E-state index contributed by atoms with van der Waals surface area (Å²) in [6, 6.07) is 7.56. The number of alkyl halides is 2. The van der Waals surface area contributed by atoms with Gasteiger partial charge in [0, 0.05) is 9.99 Å². The summed E-state index contributed by atoms with van der Waals surface area (Å²) in [4.78, 5) is 12.2. The van der Waals surface area contributed by atoms with E-state index < -0.39 is 11.3 Å². The van der Waals surface area contributed by atoms with Gasteiger partial charge in [-0.05, 0) is 66.0 Å². The molecular formula is C17H19F2IO2. The van der Waals surface area contributed by atoms with Crippen molar-refractivity contribution in [3.8, 4) is 12.3 Å². The van der Waals surface area contributed by atoms with Crippen molar-refractivity contribution < 1.29 is 18.3 Å². The van der Waals surface area contributed by atoms with Gasteiger partial charge in [-0.15, -0.1) is 6.42 Å². The fraction of sp³-hybridized carbons (Fsp3) is 0.471. The van der Waals surface area contributed by atoms with Gasteiger partial charge in [0.1, 0.15) is 0 Å². The van der Waals surface area contributed by atoms with Crippen LogP contribution in [0.4, 0.5) is 8.78 Å². The molecule has 2 nitrogen and oxygen atoms in total. The number of benzene rings is 1. The first-order valence-electron chi connectivity index (χ1n) is 6.95. The summed E-state index contributed by atoms with van der Waals surface area (Å²) < 4.78 is 32.0. The van der Waals surface area contributed by atoms with Gasteiger partial charge in [0.15, 0.2) is 0 Å². The first-order chi connectivity index (χ1) is 10.2. The van der Waals surface area contributed by atoms with Gasteiger partial charge in [0.2, 0.25) is 0 Å². The van der Waals surface area contributed by atoms with Crippen molar-refractivity contribution in [2.24, 2.45) is 0 Å². The lowest BCUT2D eigenvalue weighted by Gasteiger charge is -2.27. The number of unbranched alkanes of at least 4 members (excludes halogenated alkanes) is 1. The second-order valence-corrected chi connectivity index (χ2v) is 6.64. The Morgan fingerprint density at radius 1 is 1.36 bits per heavy atom. The third-order valence-electron chi connectivity index (χ3n) is 3.73. The van der Waals surface area contributed by atoms with Crippen LogP contribution < -0.4 is 0 Å². The Bertz CT molecular complexity index is 566. The lowest BCUT2D eigenvalue weighted by atomic mass is 9.78. The first-order valence-corrected chi connectivity index (χ1v) is 8.03. The van der Waals surface area contributed by atoms with Gasteiger partial charge in [-0.1, -0.05) is 18.6 Å². The number of terminal acetylenes is 1. The Hall–Kier alpha value is -1.16. The van der Waals surface area contributed by atoms with Crippen molar-refractivity contribution in [2.75, 3.05) is 7.11 Å². The average Bonchev–Trinajstić information content (AvgIpc) is 2.50. The highest BCUT2D eigenvalue weighted by molar-refractivity contribution is 14.1. The Morgan fingerprint density at radius 2 is 2.00 bits per heavy atom. The third kappa shape index (κ3) is 4.94. The number of hydrogen-bond donors (Lipinski definition) is 0. The first kappa shape index (κ1) is 18.9. The molecule has 0 aliphatic rings. The van der Waals surface area contributed by atoms with E-state index in [1.165, 1.54) is 13.0 Å². The molecule has 0 fully saturated rings. The number of ether oxygens (including phenoxy) is 1. The van der Waals surface area contributed by atoms with Gasteiger partial charge in [-0.3, -0.25) is 4.79 Å². The number of hydrogen-bond acceptors (Lipinski definition) is 2. The van der Waals surface area contributed by atoms with Gasteiger partial charge in [-0.2, -0.15) is 8.78 Å². The van der Waals surface area contributed by atoms with Crippen LogP contribution in [0.25, 0.3) is 0 Å². The zero-order valence-electron chi connectivity index (χ0n) is 12.7. The predicted octanol–water partition coefficient (Wildman–Crippen LogP) is 4.55. The minimum Gasteiger partial charge on any atom is -0.468 e. The van der Waals surface area contributed by atoms with Gasteiger partial charge in [0.05, 0.1) is 12.5 Å². The molecule has 0 N–H and O–H groups in total. The lowest BCUT2D eigenvalue weighted by Crippen LogP contribution is -2.34. The summed E-state index contributed by atoms with van der Waals surface area (Å²) in [7, 11) is 1.33. The number of halogens is 3. The fourth-order valence-corrected chi connectivity index (χ4v) is 2.86. The highest BCUT2D eigenvalue weighted by Crippen LogP contribution is 2.33. The molecule has 0 saturated heterocycles. The van der Waals surface area contributed by atoms with Crippen LogP contribution in [0.2, 0.25) is 0 Å². The van der Waals surface area contributed by atoms with Crippen LogP contribution in [0.3, 0.4) is 0 Å². The Morgan fingerprint density at radius 3 is 2.55 bits per heavy atom. The van der Waals surface area contributed by atoms with E-state index in [0.29, 0.717) is 12.8 Å². The van der Waals surface area contributed by atoms with Crippen molar-refractivity contribution in [1.82, 2.24) is 0 Å². The van der Waals surface area contributed by atoms with Gasteiger partial charge in [0.25, 0.3) is 0 Å². The van der Waals surface area contributed by atoms with Crippen LogP contribution in [0.15, 0.2) is 24.3 Å². The molecule has 0 heterocycles. The summed E-state index contributed by atoms with van der Waals surface area (Å²) >= 11 is 2.17. The van der Waals surface area contributed by atoms with Crippen LogP contribution in [0.1, 0.15) is 38.2 Å². The average molecular weight is 420 g/mol. The smallest absolute Gasteiger partial charge is 0.315 e. The molecule has 0 aliphatic heterocycles. The molecule has 0 saturated carbocycles. The zero-order chi connectivity index (χ0) is 16.8. The van der Waals surface area contributed by atoms with Gasteiger partial charge >= 0.3 is 11.9 Å². The normalized spacial score (nSPS) is 14.0. The van der Waals surface area contributed by atoms with Crippen molar-refractivity contribution in [2.45, 2.75) is 43.9 Å². The summed E-state index contributed by atoms with van der Waals surface area (Å²) in [5, 5.41) is 0. The minimum absolute atomic E-state index is 0.258. The highest BCUT2D eigenvalue weighted by Gasteiger charge is 2.36. The topological polar surface area (TPSA) is 26.3 Å². The number of rotatable bonds is 7. The molecular weight excluding hydrogens is 401 g/mol. The molecule has 1 atom stereocenters. The second-order valence-electron chi connectivity index (χ2n) is 5.39. The van der Waals surface area contributed by atoms with Crippen LogP contribution in [-0.2, 0) is 14.9 Å². The summed E-state index contributed by atoms with van der Waals surface area (Å²) in [5.74, 6) is -1.96. The standard InChI is InChI=1S/C17H19F2IO2/c1-4-17(18,19)11-6-5-10-16(2,15(21)22-3)13-8-7-9-14(20)12-13/h1,7-9,12H,5-6,10-11H2,2-3H3. The van der Waals surface area contributed by atoms with E-state index in [-0.39, 0.29) is 18.8 Å².